The predicted octanol–water partition coefficient (Wildman–Crippen LogP) is 2.89. The number of nitrogens with zero attached hydrogens (tertiary/aromatic N) is 3. The molecule has 0 unspecified atom stereocenters. The number of piperidine rings is 1. The van der Waals surface area contributed by atoms with E-state index >= 15 is 0 Å². The van der Waals surface area contributed by atoms with Gasteiger partial charge in [0.2, 0.25) is 17.7 Å². The number of benzene rings is 1. The van der Waals surface area contributed by atoms with Gasteiger partial charge in [0.25, 0.3) is 0 Å². The lowest BCUT2D eigenvalue weighted by atomic mass is 9.96. The Morgan fingerprint density at radius 1 is 1.19 bits per heavy atom. The van der Waals surface area contributed by atoms with Crippen LogP contribution in [0.5, 0.6) is 0 Å². The Kier molecular flexibility index (Phi) is 8.17. The maximum Gasteiger partial charge on any atom is 0.226 e. The number of carbonyl (C=O) groups excluding carboxylic acids is 2. The van der Waals surface area contributed by atoms with Crippen LogP contribution >= 0.6 is 0 Å². The van der Waals surface area contributed by atoms with Gasteiger partial charge in [0.15, 0.2) is 5.82 Å². The second kappa shape index (κ2) is 11.0. The molecule has 1 saturated heterocycles. The van der Waals surface area contributed by atoms with Gasteiger partial charge in [-0.05, 0) is 56.5 Å². The third-order valence-electron chi connectivity index (χ3n) is 5.74. The Balaban J connectivity index is 1.35. The number of hydrogen-bond acceptors (Lipinski definition) is 6. The minimum absolute atomic E-state index is 0.0197. The molecule has 1 aliphatic rings. The van der Waals surface area contributed by atoms with Crippen molar-refractivity contribution in [2.24, 2.45) is 11.7 Å². The maximum absolute atomic E-state index is 12.2. The molecule has 168 valence electrons. The zero-order chi connectivity index (χ0) is 22.2. The maximum atomic E-state index is 12.2. The van der Waals surface area contributed by atoms with E-state index in [2.05, 4.69) is 32.5 Å². The monoisotopic (exact) mass is 427 g/mol. The van der Waals surface area contributed by atoms with Crippen LogP contribution in [-0.4, -0.2) is 46.5 Å². The average Bonchev–Trinajstić information content (AvgIpc) is 3.23. The standard InChI is InChI=1S/C23H33N5O3/c1-16(2)23-26-21(31-27-23)5-3-4-20(29)25-19-8-6-17(7-9-19)10-13-28-14-11-18(12-15-28)22(24)30/h6-9,16,18H,3-5,10-15H2,1-2H3,(H2,24,30)(H,25,29). The van der Waals surface area contributed by atoms with Gasteiger partial charge in [0.1, 0.15) is 0 Å². The van der Waals surface area contributed by atoms with Crippen LogP contribution in [-0.2, 0) is 22.4 Å². The number of rotatable bonds is 10. The first-order valence-corrected chi connectivity index (χ1v) is 11.1. The second-order valence-electron chi connectivity index (χ2n) is 8.57. The molecule has 0 atom stereocenters. The van der Waals surface area contributed by atoms with Crippen LogP contribution < -0.4 is 11.1 Å². The van der Waals surface area contributed by atoms with Crippen LogP contribution in [0.2, 0.25) is 0 Å². The van der Waals surface area contributed by atoms with Crippen molar-refractivity contribution in [3.05, 3.63) is 41.5 Å². The zero-order valence-corrected chi connectivity index (χ0v) is 18.5. The number of primary amides is 1. The number of nitrogens with one attached hydrogen (secondary N) is 1. The van der Waals surface area contributed by atoms with E-state index in [9.17, 15) is 9.59 Å². The summed E-state index contributed by atoms with van der Waals surface area (Å²) in [6, 6.07) is 7.99. The Morgan fingerprint density at radius 3 is 2.52 bits per heavy atom. The molecule has 0 radical (unpaired) electrons. The first-order chi connectivity index (χ1) is 14.9. The van der Waals surface area contributed by atoms with Gasteiger partial charge in [-0.3, -0.25) is 9.59 Å². The number of aromatic nitrogens is 2. The molecule has 0 aliphatic carbocycles. The number of nitrogens with two attached hydrogens (primary N) is 1. The van der Waals surface area contributed by atoms with E-state index in [0.717, 1.165) is 44.6 Å². The molecule has 2 aromatic rings. The summed E-state index contributed by atoms with van der Waals surface area (Å²) >= 11 is 0. The average molecular weight is 428 g/mol. The number of hydrogen-bond donors (Lipinski definition) is 2. The van der Waals surface area contributed by atoms with E-state index in [0.29, 0.717) is 31.0 Å². The predicted molar refractivity (Wildman–Crippen MR) is 118 cm³/mol. The SMILES string of the molecule is CC(C)c1noc(CCCC(=O)Nc2ccc(CCN3CCC(C(N)=O)CC3)cc2)n1. The topological polar surface area (TPSA) is 114 Å². The van der Waals surface area contributed by atoms with Gasteiger partial charge in [-0.1, -0.05) is 31.1 Å². The third kappa shape index (κ3) is 7.17. The van der Waals surface area contributed by atoms with Crippen LogP contribution in [0.4, 0.5) is 5.69 Å². The molecular weight excluding hydrogens is 394 g/mol. The Bertz CT molecular complexity index is 854. The molecule has 0 saturated carbocycles. The number of aryl methyl sites for hydroxylation is 1. The van der Waals surface area contributed by atoms with Gasteiger partial charge in [-0.25, -0.2) is 0 Å². The number of carbonyl (C=O) groups is 2. The highest BCUT2D eigenvalue weighted by molar-refractivity contribution is 5.90. The van der Waals surface area contributed by atoms with Crippen molar-refractivity contribution >= 4 is 17.5 Å². The molecule has 1 fully saturated rings. The van der Waals surface area contributed by atoms with Crippen LogP contribution in [0.25, 0.3) is 0 Å². The second-order valence-corrected chi connectivity index (χ2v) is 8.57. The summed E-state index contributed by atoms with van der Waals surface area (Å²) in [6.07, 6.45) is 4.32. The first-order valence-electron chi connectivity index (χ1n) is 11.1. The normalized spacial score (nSPS) is 15.3. The van der Waals surface area contributed by atoms with Crippen LogP contribution in [0, 0.1) is 5.92 Å². The number of likely N-dealkylation sites (tertiary alicyclic amines) is 1. The lowest BCUT2D eigenvalue weighted by Gasteiger charge is -2.30. The molecule has 31 heavy (non-hydrogen) atoms. The fourth-order valence-corrected chi connectivity index (χ4v) is 3.71. The minimum atomic E-state index is -0.174. The molecular formula is C23H33N5O3. The van der Waals surface area contributed by atoms with Gasteiger partial charge in [-0.2, -0.15) is 4.98 Å². The summed E-state index contributed by atoms with van der Waals surface area (Å²) in [5, 5.41) is 6.88. The number of amides is 2. The van der Waals surface area contributed by atoms with Crippen LogP contribution in [0.1, 0.15) is 62.7 Å². The first kappa shape index (κ1) is 22.9. The fraction of sp³-hybridized carbons (Fsp3) is 0.565. The molecule has 2 heterocycles. The van der Waals surface area contributed by atoms with Gasteiger partial charge in [0.05, 0.1) is 0 Å². The molecule has 0 spiro atoms. The van der Waals surface area contributed by atoms with E-state index in [-0.39, 0.29) is 23.7 Å². The molecule has 8 heteroatoms. The Labute approximate surface area is 183 Å². The van der Waals surface area contributed by atoms with E-state index in [1.165, 1.54) is 5.56 Å². The highest BCUT2D eigenvalue weighted by atomic mass is 16.5. The van der Waals surface area contributed by atoms with Crippen molar-refractivity contribution in [1.29, 1.82) is 0 Å². The molecule has 2 amide bonds. The minimum Gasteiger partial charge on any atom is -0.369 e. The summed E-state index contributed by atoms with van der Waals surface area (Å²) in [5.74, 6) is 1.36. The highest BCUT2D eigenvalue weighted by Crippen LogP contribution is 2.18. The van der Waals surface area contributed by atoms with Crippen molar-refractivity contribution in [2.75, 3.05) is 25.0 Å². The van der Waals surface area contributed by atoms with Gasteiger partial charge in [0, 0.05) is 36.9 Å². The van der Waals surface area contributed by atoms with Crippen molar-refractivity contribution in [3.8, 4) is 0 Å². The zero-order valence-electron chi connectivity index (χ0n) is 18.5. The third-order valence-corrected chi connectivity index (χ3v) is 5.74. The summed E-state index contributed by atoms with van der Waals surface area (Å²) in [7, 11) is 0. The molecule has 3 rings (SSSR count). The van der Waals surface area contributed by atoms with Crippen molar-refractivity contribution in [3.63, 3.8) is 0 Å². The molecule has 8 nitrogen and oxygen atoms in total. The Morgan fingerprint density at radius 2 is 1.90 bits per heavy atom. The van der Waals surface area contributed by atoms with Gasteiger partial charge in [-0.15, -0.1) is 0 Å². The molecule has 0 bridgehead atoms. The van der Waals surface area contributed by atoms with Crippen LogP contribution in [0.15, 0.2) is 28.8 Å². The molecule has 1 aliphatic heterocycles. The lowest BCUT2D eigenvalue weighted by Crippen LogP contribution is -2.39. The van der Waals surface area contributed by atoms with Crippen molar-refractivity contribution in [1.82, 2.24) is 15.0 Å². The smallest absolute Gasteiger partial charge is 0.226 e. The summed E-state index contributed by atoms with van der Waals surface area (Å²) in [5.41, 5.74) is 7.42. The molecule has 1 aromatic carbocycles. The van der Waals surface area contributed by atoms with Gasteiger partial charge >= 0.3 is 0 Å². The summed E-state index contributed by atoms with van der Waals surface area (Å²) < 4.78 is 5.20. The van der Waals surface area contributed by atoms with Gasteiger partial charge < -0.3 is 20.5 Å². The summed E-state index contributed by atoms with van der Waals surface area (Å²) in [4.78, 5) is 30.2. The van der Waals surface area contributed by atoms with Crippen LogP contribution in [0.3, 0.4) is 0 Å². The van der Waals surface area contributed by atoms with E-state index in [1.54, 1.807) is 0 Å². The fourth-order valence-electron chi connectivity index (χ4n) is 3.71. The van der Waals surface area contributed by atoms with E-state index in [1.807, 2.05) is 26.0 Å². The molecule has 3 N–H and O–H groups in total. The highest BCUT2D eigenvalue weighted by Gasteiger charge is 2.22. The number of anilines is 1. The van der Waals surface area contributed by atoms with E-state index in [4.69, 9.17) is 10.3 Å². The van der Waals surface area contributed by atoms with E-state index < -0.39 is 0 Å². The summed E-state index contributed by atoms with van der Waals surface area (Å²) in [6.45, 7) is 6.84. The quantitative estimate of drug-likeness (QED) is 0.603. The van der Waals surface area contributed by atoms with Crippen molar-refractivity contribution < 1.29 is 14.1 Å². The lowest BCUT2D eigenvalue weighted by molar-refractivity contribution is -0.123. The molecule has 1 aromatic heterocycles. The van der Waals surface area contributed by atoms with Crippen molar-refractivity contribution in [2.45, 2.75) is 58.3 Å². The largest absolute Gasteiger partial charge is 0.369 e. The Hall–Kier alpha value is -2.74.